The highest BCUT2D eigenvalue weighted by Crippen LogP contribution is 2.26. The number of carboxylic acid groups (broad SMARTS) is 1. The summed E-state index contributed by atoms with van der Waals surface area (Å²) in [6, 6.07) is 0.218. The molecule has 0 aliphatic heterocycles. The Labute approximate surface area is 103 Å². The van der Waals surface area contributed by atoms with Gasteiger partial charge in [0.2, 0.25) is 0 Å². The first kappa shape index (κ1) is 14.2. The van der Waals surface area contributed by atoms with Crippen LogP contribution in [-0.4, -0.2) is 40.4 Å². The van der Waals surface area contributed by atoms with Crippen LogP contribution in [0.3, 0.4) is 0 Å². The average Bonchev–Trinajstić information content (AvgIpc) is 2.77. The Hall–Kier alpha value is -0.900. The highest BCUT2D eigenvalue weighted by Gasteiger charge is 2.30. The fourth-order valence-electron chi connectivity index (χ4n) is 2.49. The first-order valence-electron chi connectivity index (χ1n) is 6.42. The maximum Gasteiger partial charge on any atom is 0.307 e. The van der Waals surface area contributed by atoms with Crippen molar-refractivity contribution in [2.75, 3.05) is 6.54 Å². The SMILES string of the molecule is CC(=O)C(C)N(CC(C)C(=O)O)C1CCCC1. The van der Waals surface area contributed by atoms with E-state index in [-0.39, 0.29) is 11.8 Å². The predicted octanol–water partition coefficient (Wildman–Crippen LogP) is 1.93. The zero-order valence-electron chi connectivity index (χ0n) is 11.0. The van der Waals surface area contributed by atoms with Gasteiger partial charge in [-0.25, -0.2) is 0 Å². The molecule has 1 aliphatic rings. The molecule has 0 radical (unpaired) electrons. The lowest BCUT2D eigenvalue weighted by atomic mass is 10.0. The maximum atomic E-state index is 11.5. The van der Waals surface area contributed by atoms with Crippen LogP contribution in [-0.2, 0) is 9.59 Å². The number of rotatable bonds is 6. The molecule has 0 bridgehead atoms. The Balaban J connectivity index is 2.70. The second-order valence-corrected chi connectivity index (χ2v) is 5.16. The second kappa shape index (κ2) is 6.15. The van der Waals surface area contributed by atoms with E-state index in [4.69, 9.17) is 5.11 Å². The first-order chi connectivity index (χ1) is 7.93. The van der Waals surface area contributed by atoms with Gasteiger partial charge in [-0.3, -0.25) is 14.5 Å². The summed E-state index contributed by atoms with van der Waals surface area (Å²) < 4.78 is 0. The molecule has 1 fully saturated rings. The normalized spacial score (nSPS) is 20.5. The quantitative estimate of drug-likeness (QED) is 0.772. The smallest absolute Gasteiger partial charge is 0.307 e. The number of nitrogens with zero attached hydrogens (tertiary/aromatic N) is 1. The van der Waals surface area contributed by atoms with E-state index in [2.05, 4.69) is 4.90 Å². The van der Waals surface area contributed by atoms with Gasteiger partial charge in [0.1, 0.15) is 5.78 Å². The Morgan fingerprint density at radius 1 is 1.29 bits per heavy atom. The minimum atomic E-state index is -0.788. The number of Topliss-reactive ketones (excluding diaryl/α,β-unsaturated/α-hetero) is 1. The van der Waals surface area contributed by atoms with Gasteiger partial charge >= 0.3 is 5.97 Å². The van der Waals surface area contributed by atoms with Crippen LogP contribution in [0.4, 0.5) is 0 Å². The maximum absolute atomic E-state index is 11.5. The highest BCUT2D eigenvalue weighted by molar-refractivity contribution is 5.81. The van der Waals surface area contributed by atoms with Crippen LogP contribution in [0.2, 0.25) is 0 Å². The van der Waals surface area contributed by atoms with Crippen molar-refractivity contribution in [2.45, 2.75) is 58.5 Å². The van der Waals surface area contributed by atoms with Gasteiger partial charge in [-0.1, -0.05) is 19.8 Å². The molecule has 0 aromatic heterocycles. The molecule has 17 heavy (non-hydrogen) atoms. The van der Waals surface area contributed by atoms with Crippen molar-refractivity contribution < 1.29 is 14.7 Å². The number of carboxylic acids is 1. The van der Waals surface area contributed by atoms with Crippen molar-refractivity contribution in [1.82, 2.24) is 4.90 Å². The van der Waals surface area contributed by atoms with E-state index >= 15 is 0 Å². The molecule has 1 rings (SSSR count). The molecular weight excluding hydrogens is 218 g/mol. The summed E-state index contributed by atoms with van der Waals surface area (Å²) >= 11 is 0. The molecule has 4 heteroatoms. The van der Waals surface area contributed by atoms with Crippen LogP contribution in [0.25, 0.3) is 0 Å². The van der Waals surface area contributed by atoms with Crippen molar-refractivity contribution in [3.05, 3.63) is 0 Å². The van der Waals surface area contributed by atoms with Gasteiger partial charge < -0.3 is 5.11 Å². The van der Waals surface area contributed by atoms with Gasteiger partial charge in [0.25, 0.3) is 0 Å². The van der Waals surface area contributed by atoms with E-state index in [1.807, 2.05) is 6.92 Å². The van der Waals surface area contributed by atoms with E-state index in [0.717, 1.165) is 12.8 Å². The van der Waals surface area contributed by atoms with Crippen LogP contribution in [0.15, 0.2) is 0 Å². The van der Waals surface area contributed by atoms with Crippen LogP contribution in [0.1, 0.15) is 46.5 Å². The Kier molecular flexibility index (Phi) is 5.12. The summed E-state index contributed by atoms with van der Waals surface area (Å²) in [6.07, 6.45) is 4.55. The summed E-state index contributed by atoms with van der Waals surface area (Å²) in [5, 5.41) is 8.98. The lowest BCUT2D eigenvalue weighted by Gasteiger charge is -2.34. The molecular formula is C13H23NO3. The molecule has 0 amide bonds. The third-order valence-electron chi connectivity index (χ3n) is 3.79. The summed E-state index contributed by atoms with van der Waals surface area (Å²) in [5.74, 6) is -1.09. The molecule has 0 aromatic carbocycles. The Bertz CT molecular complexity index is 284. The minimum Gasteiger partial charge on any atom is -0.481 e. The van der Waals surface area contributed by atoms with E-state index in [1.165, 1.54) is 12.8 Å². The van der Waals surface area contributed by atoms with Gasteiger partial charge in [-0.15, -0.1) is 0 Å². The molecule has 2 unspecified atom stereocenters. The summed E-state index contributed by atoms with van der Waals surface area (Å²) in [7, 11) is 0. The lowest BCUT2D eigenvalue weighted by molar-refractivity contribution is -0.142. The Morgan fingerprint density at radius 2 is 1.82 bits per heavy atom. The van der Waals surface area contributed by atoms with E-state index in [1.54, 1.807) is 13.8 Å². The monoisotopic (exact) mass is 241 g/mol. The summed E-state index contributed by atoms with van der Waals surface area (Å²) in [5.41, 5.74) is 0. The molecule has 98 valence electrons. The van der Waals surface area contributed by atoms with Crippen molar-refractivity contribution >= 4 is 11.8 Å². The molecule has 0 spiro atoms. The van der Waals surface area contributed by atoms with E-state index in [0.29, 0.717) is 12.6 Å². The van der Waals surface area contributed by atoms with Crippen molar-refractivity contribution in [3.8, 4) is 0 Å². The third-order valence-corrected chi connectivity index (χ3v) is 3.79. The van der Waals surface area contributed by atoms with Gasteiger partial charge in [-0.2, -0.15) is 0 Å². The third kappa shape index (κ3) is 3.80. The summed E-state index contributed by atoms with van der Waals surface area (Å²) in [4.78, 5) is 24.5. The molecule has 4 nitrogen and oxygen atoms in total. The zero-order chi connectivity index (χ0) is 13.0. The summed E-state index contributed by atoms with van der Waals surface area (Å²) in [6.45, 7) is 5.64. The average molecular weight is 241 g/mol. The molecule has 1 N–H and O–H groups in total. The van der Waals surface area contributed by atoms with Crippen LogP contribution >= 0.6 is 0 Å². The topological polar surface area (TPSA) is 57.6 Å². The molecule has 0 saturated heterocycles. The lowest BCUT2D eigenvalue weighted by Crippen LogP contribution is -2.47. The molecule has 1 saturated carbocycles. The van der Waals surface area contributed by atoms with Crippen LogP contribution in [0.5, 0.6) is 0 Å². The largest absolute Gasteiger partial charge is 0.481 e. The van der Waals surface area contributed by atoms with Crippen molar-refractivity contribution in [2.24, 2.45) is 5.92 Å². The number of hydrogen-bond acceptors (Lipinski definition) is 3. The fourth-order valence-corrected chi connectivity index (χ4v) is 2.49. The standard InChI is InChI=1S/C13H23NO3/c1-9(13(16)17)8-14(10(2)11(3)15)12-6-4-5-7-12/h9-10,12H,4-8H2,1-3H3,(H,16,17). The second-order valence-electron chi connectivity index (χ2n) is 5.16. The first-order valence-corrected chi connectivity index (χ1v) is 6.42. The number of carbonyl (C=O) groups is 2. The number of hydrogen-bond donors (Lipinski definition) is 1. The minimum absolute atomic E-state index is 0.120. The van der Waals surface area contributed by atoms with Crippen LogP contribution in [0, 0.1) is 5.92 Å². The fraction of sp³-hybridized carbons (Fsp3) is 0.846. The van der Waals surface area contributed by atoms with Gasteiger partial charge in [-0.05, 0) is 26.7 Å². The van der Waals surface area contributed by atoms with Gasteiger partial charge in [0.05, 0.1) is 12.0 Å². The Morgan fingerprint density at radius 3 is 2.24 bits per heavy atom. The van der Waals surface area contributed by atoms with Gasteiger partial charge in [0, 0.05) is 12.6 Å². The van der Waals surface area contributed by atoms with E-state index < -0.39 is 11.9 Å². The van der Waals surface area contributed by atoms with Gasteiger partial charge in [0.15, 0.2) is 0 Å². The molecule has 2 atom stereocenters. The predicted molar refractivity (Wildman–Crippen MR) is 65.9 cm³/mol. The van der Waals surface area contributed by atoms with Crippen molar-refractivity contribution in [3.63, 3.8) is 0 Å². The highest BCUT2D eigenvalue weighted by atomic mass is 16.4. The van der Waals surface area contributed by atoms with Crippen molar-refractivity contribution in [1.29, 1.82) is 0 Å². The van der Waals surface area contributed by atoms with E-state index in [9.17, 15) is 9.59 Å². The number of carbonyl (C=O) groups excluding carboxylic acids is 1. The number of ketones is 1. The number of aliphatic carboxylic acids is 1. The zero-order valence-corrected chi connectivity index (χ0v) is 11.0. The molecule has 1 aliphatic carbocycles. The van der Waals surface area contributed by atoms with Crippen LogP contribution < -0.4 is 0 Å². The molecule has 0 heterocycles. The molecule has 0 aromatic rings.